The van der Waals surface area contributed by atoms with Crippen LogP contribution in [0.3, 0.4) is 0 Å². The molecule has 0 aliphatic carbocycles. The van der Waals surface area contributed by atoms with Crippen molar-refractivity contribution < 1.29 is 19.2 Å². The van der Waals surface area contributed by atoms with Crippen LogP contribution in [0.1, 0.15) is 12.6 Å². The molecule has 0 radical (unpaired) electrons. The van der Waals surface area contributed by atoms with E-state index < -0.39 is 10.9 Å². The minimum atomic E-state index is -0.451. The number of nitro groups is 1. The third-order valence-electron chi connectivity index (χ3n) is 3.92. The van der Waals surface area contributed by atoms with Crippen LogP contribution in [0.15, 0.2) is 42.5 Å². The summed E-state index contributed by atoms with van der Waals surface area (Å²) < 4.78 is 12.0. The lowest BCUT2D eigenvalue weighted by atomic mass is 10.2. The number of rotatable bonds is 4. The quantitative estimate of drug-likeness (QED) is 0.312. The SMILES string of the molecule is COc1ccc(-n2c(C)c([N+](=O)[O-])c3ccc(OC(C)=O)cc32)cc1. The normalized spacial score (nSPS) is 10.7. The summed E-state index contributed by atoms with van der Waals surface area (Å²) in [4.78, 5) is 22.3. The molecule has 0 atom stereocenters. The molecule has 0 bridgehead atoms. The van der Waals surface area contributed by atoms with Gasteiger partial charge in [-0.3, -0.25) is 14.9 Å². The fourth-order valence-corrected chi connectivity index (χ4v) is 2.90. The average Bonchev–Trinajstić information content (AvgIpc) is 2.86. The number of fused-ring (bicyclic) bond motifs is 1. The van der Waals surface area contributed by atoms with Gasteiger partial charge in [-0.05, 0) is 43.3 Å². The number of carbonyl (C=O) groups is 1. The zero-order chi connectivity index (χ0) is 18.1. The molecule has 0 N–H and O–H groups in total. The highest BCUT2D eigenvalue weighted by atomic mass is 16.6. The summed E-state index contributed by atoms with van der Waals surface area (Å²) in [7, 11) is 1.57. The first-order valence-corrected chi connectivity index (χ1v) is 7.54. The van der Waals surface area contributed by atoms with Crippen LogP contribution < -0.4 is 9.47 Å². The fourth-order valence-electron chi connectivity index (χ4n) is 2.90. The van der Waals surface area contributed by atoms with E-state index in [1.807, 2.05) is 12.1 Å². The number of benzene rings is 2. The largest absolute Gasteiger partial charge is 0.497 e. The van der Waals surface area contributed by atoms with E-state index >= 15 is 0 Å². The van der Waals surface area contributed by atoms with E-state index in [1.165, 1.54) is 6.92 Å². The highest BCUT2D eigenvalue weighted by molar-refractivity contribution is 5.94. The van der Waals surface area contributed by atoms with Crippen molar-refractivity contribution in [2.75, 3.05) is 7.11 Å². The number of hydrogen-bond acceptors (Lipinski definition) is 5. The van der Waals surface area contributed by atoms with Crippen molar-refractivity contribution in [1.29, 1.82) is 0 Å². The maximum Gasteiger partial charge on any atom is 0.308 e. The standard InChI is InChI=1S/C18H16N2O5/c1-11-18(20(22)23)16-9-8-15(25-12(2)21)10-17(16)19(11)13-4-6-14(24-3)7-5-13/h4-10H,1-3H3. The summed E-state index contributed by atoms with van der Waals surface area (Å²) >= 11 is 0. The molecule has 128 valence electrons. The molecule has 0 saturated carbocycles. The zero-order valence-corrected chi connectivity index (χ0v) is 14.0. The molecule has 25 heavy (non-hydrogen) atoms. The molecule has 0 saturated heterocycles. The molecule has 0 unspecified atom stereocenters. The Morgan fingerprint density at radius 2 is 1.76 bits per heavy atom. The van der Waals surface area contributed by atoms with Gasteiger partial charge < -0.3 is 14.0 Å². The monoisotopic (exact) mass is 340 g/mol. The highest BCUT2D eigenvalue weighted by Crippen LogP contribution is 2.37. The highest BCUT2D eigenvalue weighted by Gasteiger charge is 2.24. The molecule has 1 aromatic heterocycles. The Hall–Kier alpha value is -3.35. The second-order valence-electron chi connectivity index (χ2n) is 5.50. The van der Waals surface area contributed by atoms with Gasteiger partial charge in [0.15, 0.2) is 0 Å². The zero-order valence-electron chi connectivity index (χ0n) is 14.0. The molecule has 0 amide bonds. The van der Waals surface area contributed by atoms with E-state index in [0.717, 1.165) is 5.69 Å². The van der Waals surface area contributed by atoms with Crippen LogP contribution in [-0.2, 0) is 4.79 Å². The van der Waals surface area contributed by atoms with Crippen LogP contribution in [0.25, 0.3) is 16.6 Å². The van der Waals surface area contributed by atoms with Crippen molar-refractivity contribution in [3.05, 3.63) is 58.3 Å². The van der Waals surface area contributed by atoms with Crippen molar-refractivity contribution in [1.82, 2.24) is 4.57 Å². The lowest BCUT2D eigenvalue weighted by molar-refractivity contribution is -0.383. The van der Waals surface area contributed by atoms with Crippen molar-refractivity contribution in [3.8, 4) is 17.2 Å². The summed E-state index contributed by atoms with van der Waals surface area (Å²) in [5.74, 6) is 0.572. The Kier molecular flexibility index (Phi) is 4.14. The summed E-state index contributed by atoms with van der Waals surface area (Å²) in [6, 6.07) is 12.0. The first-order chi connectivity index (χ1) is 11.9. The van der Waals surface area contributed by atoms with E-state index in [2.05, 4.69) is 0 Å². The van der Waals surface area contributed by atoms with E-state index in [0.29, 0.717) is 28.1 Å². The van der Waals surface area contributed by atoms with Crippen molar-refractivity contribution in [2.24, 2.45) is 0 Å². The van der Waals surface area contributed by atoms with Gasteiger partial charge in [0.2, 0.25) is 0 Å². The molecule has 3 aromatic rings. The molecule has 7 nitrogen and oxygen atoms in total. The average molecular weight is 340 g/mol. The predicted octanol–water partition coefficient (Wildman–Crippen LogP) is 3.78. The molecule has 0 aliphatic heterocycles. The summed E-state index contributed by atoms with van der Waals surface area (Å²) in [6.45, 7) is 2.99. The second kappa shape index (κ2) is 6.27. The maximum atomic E-state index is 11.5. The molecule has 2 aromatic carbocycles. The predicted molar refractivity (Wildman–Crippen MR) is 92.5 cm³/mol. The molecule has 3 rings (SSSR count). The van der Waals surface area contributed by atoms with E-state index in [1.54, 1.807) is 48.9 Å². The molecule has 7 heteroatoms. The van der Waals surface area contributed by atoms with Gasteiger partial charge in [-0.25, -0.2) is 0 Å². The van der Waals surface area contributed by atoms with E-state index in [9.17, 15) is 14.9 Å². The number of carbonyl (C=O) groups excluding carboxylic acids is 1. The van der Waals surface area contributed by atoms with Crippen LogP contribution in [-0.4, -0.2) is 22.6 Å². The van der Waals surface area contributed by atoms with Gasteiger partial charge in [-0.2, -0.15) is 0 Å². The second-order valence-corrected chi connectivity index (χ2v) is 5.50. The number of ether oxygens (including phenoxy) is 2. The van der Waals surface area contributed by atoms with E-state index in [4.69, 9.17) is 9.47 Å². The van der Waals surface area contributed by atoms with Gasteiger partial charge in [0.1, 0.15) is 11.5 Å². The maximum absolute atomic E-state index is 11.5. The number of aromatic nitrogens is 1. The minimum absolute atomic E-state index is 0.0280. The minimum Gasteiger partial charge on any atom is -0.497 e. The molecular weight excluding hydrogens is 324 g/mol. The Morgan fingerprint density at radius 3 is 2.32 bits per heavy atom. The Bertz CT molecular complexity index is 973. The summed E-state index contributed by atoms with van der Waals surface area (Å²) in [5.41, 5.74) is 1.86. The number of nitrogens with zero attached hydrogens (tertiary/aromatic N) is 2. The molecular formula is C18H16N2O5. The topological polar surface area (TPSA) is 83.6 Å². The fraction of sp³-hybridized carbons (Fsp3) is 0.167. The van der Waals surface area contributed by atoms with Crippen LogP contribution in [0.5, 0.6) is 11.5 Å². The van der Waals surface area contributed by atoms with Gasteiger partial charge in [0.05, 0.1) is 28.6 Å². The van der Waals surface area contributed by atoms with Crippen LogP contribution in [0, 0.1) is 17.0 Å². The first-order valence-electron chi connectivity index (χ1n) is 7.54. The lowest BCUT2D eigenvalue weighted by Crippen LogP contribution is -2.01. The number of methoxy groups -OCH3 is 1. The van der Waals surface area contributed by atoms with Gasteiger partial charge in [0, 0.05) is 18.7 Å². The van der Waals surface area contributed by atoms with Crippen molar-refractivity contribution >= 4 is 22.6 Å². The number of esters is 1. The van der Waals surface area contributed by atoms with Crippen molar-refractivity contribution in [2.45, 2.75) is 13.8 Å². The van der Waals surface area contributed by atoms with Gasteiger partial charge in [-0.1, -0.05) is 0 Å². The van der Waals surface area contributed by atoms with E-state index in [-0.39, 0.29) is 5.69 Å². The summed E-state index contributed by atoms with van der Waals surface area (Å²) in [6.07, 6.45) is 0. The third kappa shape index (κ3) is 2.91. The molecule has 0 fully saturated rings. The van der Waals surface area contributed by atoms with Crippen molar-refractivity contribution in [3.63, 3.8) is 0 Å². The lowest BCUT2D eigenvalue weighted by Gasteiger charge is -2.09. The summed E-state index contributed by atoms with van der Waals surface area (Å²) in [5, 5.41) is 12.0. The number of hydrogen-bond donors (Lipinski definition) is 0. The Labute approximate surface area is 143 Å². The van der Waals surface area contributed by atoms with Gasteiger partial charge >= 0.3 is 5.97 Å². The van der Waals surface area contributed by atoms with Gasteiger partial charge in [0.25, 0.3) is 5.69 Å². The first kappa shape index (κ1) is 16.5. The molecule has 0 spiro atoms. The Balaban J connectivity index is 2.28. The van der Waals surface area contributed by atoms with Gasteiger partial charge in [-0.15, -0.1) is 0 Å². The van der Waals surface area contributed by atoms with Crippen LogP contribution in [0.2, 0.25) is 0 Å². The molecule has 0 aliphatic rings. The van der Waals surface area contributed by atoms with Crippen LogP contribution in [0.4, 0.5) is 5.69 Å². The van der Waals surface area contributed by atoms with Crippen LogP contribution >= 0.6 is 0 Å². The Morgan fingerprint density at radius 1 is 1.12 bits per heavy atom. The smallest absolute Gasteiger partial charge is 0.308 e. The molecule has 1 heterocycles. The third-order valence-corrected chi connectivity index (χ3v) is 3.92.